The minimum atomic E-state index is -3.66. The number of sulfonamides is 1. The van der Waals surface area contributed by atoms with Crippen LogP contribution < -0.4 is 5.32 Å². The number of carboxylic acids is 1. The molecular formula is C18H26N2O5S. The van der Waals surface area contributed by atoms with Crippen molar-refractivity contribution in [2.45, 2.75) is 44.0 Å². The molecule has 1 aromatic carbocycles. The molecule has 144 valence electrons. The van der Waals surface area contributed by atoms with Crippen molar-refractivity contribution in [2.24, 2.45) is 11.8 Å². The number of aliphatic carboxylic acids is 1. The lowest BCUT2D eigenvalue weighted by Crippen LogP contribution is -2.49. The first-order valence-electron chi connectivity index (χ1n) is 8.80. The first kappa shape index (κ1) is 20.4. The van der Waals surface area contributed by atoms with E-state index in [1.807, 2.05) is 13.8 Å². The number of carbonyl (C=O) groups is 2. The van der Waals surface area contributed by atoms with Gasteiger partial charge in [-0.25, -0.2) is 13.2 Å². The Labute approximate surface area is 154 Å². The van der Waals surface area contributed by atoms with E-state index >= 15 is 0 Å². The molecule has 1 saturated heterocycles. The number of nitrogens with zero attached hydrogens (tertiary/aromatic N) is 1. The van der Waals surface area contributed by atoms with Crippen LogP contribution in [0.3, 0.4) is 0 Å². The van der Waals surface area contributed by atoms with Crippen LogP contribution >= 0.6 is 0 Å². The second-order valence-electron chi connectivity index (χ2n) is 7.04. The van der Waals surface area contributed by atoms with Crippen molar-refractivity contribution in [3.8, 4) is 0 Å². The quantitative estimate of drug-likeness (QED) is 0.747. The van der Waals surface area contributed by atoms with Crippen molar-refractivity contribution in [3.63, 3.8) is 0 Å². The molecule has 1 aliphatic rings. The number of hydrogen-bond donors (Lipinski definition) is 2. The molecule has 1 amide bonds. The van der Waals surface area contributed by atoms with Gasteiger partial charge in [0.05, 0.1) is 10.8 Å². The van der Waals surface area contributed by atoms with Gasteiger partial charge in [0.25, 0.3) is 0 Å². The Kier molecular flexibility index (Phi) is 6.77. The van der Waals surface area contributed by atoms with Gasteiger partial charge in [0, 0.05) is 13.1 Å². The molecule has 0 spiro atoms. The first-order chi connectivity index (χ1) is 12.2. The Morgan fingerprint density at radius 1 is 1.27 bits per heavy atom. The van der Waals surface area contributed by atoms with E-state index in [4.69, 9.17) is 0 Å². The van der Waals surface area contributed by atoms with Gasteiger partial charge in [-0.05, 0) is 37.3 Å². The first-order valence-corrected chi connectivity index (χ1v) is 10.2. The molecule has 1 aromatic rings. The van der Waals surface area contributed by atoms with Crippen LogP contribution in [0.5, 0.6) is 0 Å². The minimum absolute atomic E-state index is 0.0665. The van der Waals surface area contributed by atoms with Gasteiger partial charge in [0.15, 0.2) is 0 Å². The SMILES string of the molecule is CC(C)C[C@H](NC(=O)C1CCCN(S(=O)(=O)c2ccccc2)C1)C(=O)O. The molecule has 0 aromatic heterocycles. The third-order valence-corrected chi connectivity index (χ3v) is 6.34. The van der Waals surface area contributed by atoms with E-state index in [1.165, 1.54) is 16.4 Å². The summed E-state index contributed by atoms with van der Waals surface area (Å²) in [4.78, 5) is 24.0. The van der Waals surface area contributed by atoms with Crippen molar-refractivity contribution in [1.82, 2.24) is 9.62 Å². The highest BCUT2D eigenvalue weighted by Crippen LogP contribution is 2.24. The smallest absolute Gasteiger partial charge is 0.326 e. The second kappa shape index (κ2) is 8.64. The molecule has 2 rings (SSSR count). The van der Waals surface area contributed by atoms with Crippen LogP contribution in [0.2, 0.25) is 0 Å². The van der Waals surface area contributed by atoms with Crippen LogP contribution in [0, 0.1) is 11.8 Å². The molecule has 8 heteroatoms. The van der Waals surface area contributed by atoms with E-state index in [1.54, 1.807) is 18.2 Å². The largest absolute Gasteiger partial charge is 0.480 e. The summed E-state index contributed by atoms with van der Waals surface area (Å²) in [7, 11) is -3.66. The van der Waals surface area contributed by atoms with Gasteiger partial charge in [-0.1, -0.05) is 32.0 Å². The molecule has 7 nitrogen and oxygen atoms in total. The minimum Gasteiger partial charge on any atom is -0.480 e. The van der Waals surface area contributed by atoms with E-state index in [9.17, 15) is 23.1 Å². The Balaban J connectivity index is 2.07. The van der Waals surface area contributed by atoms with Gasteiger partial charge in [-0.2, -0.15) is 4.31 Å². The van der Waals surface area contributed by atoms with Gasteiger partial charge in [-0.3, -0.25) is 4.79 Å². The monoisotopic (exact) mass is 382 g/mol. The van der Waals surface area contributed by atoms with E-state index in [0.29, 0.717) is 25.8 Å². The molecule has 26 heavy (non-hydrogen) atoms. The van der Waals surface area contributed by atoms with Crippen molar-refractivity contribution in [3.05, 3.63) is 30.3 Å². The normalized spacial score (nSPS) is 19.9. The van der Waals surface area contributed by atoms with E-state index in [-0.39, 0.29) is 17.4 Å². The highest BCUT2D eigenvalue weighted by molar-refractivity contribution is 7.89. The van der Waals surface area contributed by atoms with Gasteiger partial charge in [-0.15, -0.1) is 0 Å². The molecule has 0 radical (unpaired) electrons. The lowest BCUT2D eigenvalue weighted by atomic mass is 9.97. The number of carbonyl (C=O) groups excluding carboxylic acids is 1. The number of rotatable bonds is 7. The molecule has 0 aliphatic carbocycles. The number of amides is 1. The van der Waals surface area contributed by atoms with Gasteiger partial charge < -0.3 is 10.4 Å². The highest BCUT2D eigenvalue weighted by atomic mass is 32.2. The molecular weight excluding hydrogens is 356 g/mol. The predicted octanol–water partition coefficient (Wildman–Crippen LogP) is 1.70. The number of hydrogen-bond acceptors (Lipinski definition) is 4. The van der Waals surface area contributed by atoms with E-state index < -0.39 is 33.9 Å². The molecule has 1 fully saturated rings. The summed E-state index contributed by atoms with van der Waals surface area (Å²) in [5.74, 6) is -1.89. The Morgan fingerprint density at radius 2 is 1.92 bits per heavy atom. The van der Waals surface area contributed by atoms with Crippen molar-refractivity contribution < 1.29 is 23.1 Å². The summed E-state index contributed by atoms with van der Waals surface area (Å²) in [6.45, 7) is 4.19. The summed E-state index contributed by atoms with van der Waals surface area (Å²) in [5, 5.41) is 11.8. The van der Waals surface area contributed by atoms with Crippen LogP contribution in [0.1, 0.15) is 33.1 Å². The fourth-order valence-corrected chi connectivity index (χ4v) is 4.64. The maximum atomic E-state index is 12.7. The third kappa shape index (κ3) is 5.04. The summed E-state index contributed by atoms with van der Waals surface area (Å²) < 4.78 is 26.8. The maximum absolute atomic E-state index is 12.7. The van der Waals surface area contributed by atoms with Crippen molar-refractivity contribution in [2.75, 3.05) is 13.1 Å². The standard InChI is InChI=1S/C18H26N2O5S/c1-13(2)11-16(18(22)23)19-17(21)14-7-6-10-20(12-14)26(24,25)15-8-4-3-5-9-15/h3-5,8-9,13-14,16H,6-7,10-12H2,1-2H3,(H,19,21)(H,22,23)/t14?,16-/m0/s1. The van der Waals surface area contributed by atoms with Crippen LogP contribution in [-0.2, 0) is 19.6 Å². The van der Waals surface area contributed by atoms with Gasteiger partial charge in [0.2, 0.25) is 15.9 Å². The summed E-state index contributed by atoms with van der Waals surface area (Å²) in [5.41, 5.74) is 0. The van der Waals surface area contributed by atoms with Crippen molar-refractivity contribution in [1.29, 1.82) is 0 Å². The van der Waals surface area contributed by atoms with E-state index in [2.05, 4.69) is 5.32 Å². The second-order valence-corrected chi connectivity index (χ2v) is 8.98. The topological polar surface area (TPSA) is 104 Å². The molecule has 1 unspecified atom stereocenters. The lowest BCUT2D eigenvalue weighted by Gasteiger charge is -2.32. The molecule has 2 N–H and O–H groups in total. The predicted molar refractivity (Wildman–Crippen MR) is 96.9 cm³/mol. The van der Waals surface area contributed by atoms with Gasteiger partial charge >= 0.3 is 5.97 Å². The van der Waals surface area contributed by atoms with Gasteiger partial charge in [0.1, 0.15) is 6.04 Å². The Hall–Kier alpha value is -1.93. The average molecular weight is 382 g/mol. The van der Waals surface area contributed by atoms with Crippen LogP contribution in [0.15, 0.2) is 35.2 Å². The summed E-state index contributed by atoms with van der Waals surface area (Å²) in [6.07, 6.45) is 1.44. The number of carboxylic acid groups (broad SMARTS) is 1. The molecule has 1 aliphatic heterocycles. The fraction of sp³-hybridized carbons (Fsp3) is 0.556. The van der Waals surface area contributed by atoms with Crippen molar-refractivity contribution >= 4 is 21.9 Å². The molecule has 0 saturated carbocycles. The van der Waals surface area contributed by atoms with E-state index in [0.717, 1.165) is 0 Å². The zero-order chi connectivity index (χ0) is 19.3. The number of nitrogens with one attached hydrogen (secondary N) is 1. The highest BCUT2D eigenvalue weighted by Gasteiger charge is 2.34. The summed E-state index contributed by atoms with van der Waals surface area (Å²) in [6, 6.07) is 7.16. The third-order valence-electron chi connectivity index (χ3n) is 4.46. The maximum Gasteiger partial charge on any atom is 0.326 e. The zero-order valence-corrected chi connectivity index (χ0v) is 15.9. The zero-order valence-electron chi connectivity index (χ0n) is 15.1. The number of benzene rings is 1. The molecule has 2 atom stereocenters. The van der Waals surface area contributed by atoms with Crippen LogP contribution in [-0.4, -0.2) is 48.8 Å². The Morgan fingerprint density at radius 3 is 2.50 bits per heavy atom. The Bertz CT molecular complexity index is 733. The lowest BCUT2D eigenvalue weighted by molar-refractivity contribution is -0.143. The fourth-order valence-electron chi connectivity index (χ4n) is 3.10. The molecule has 1 heterocycles. The number of piperidine rings is 1. The van der Waals surface area contributed by atoms with Crippen LogP contribution in [0.4, 0.5) is 0 Å². The van der Waals surface area contributed by atoms with Crippen LogP contribution in [0.25, 0.3) is 0 Å². The summed E-state index contributed by atoms with van der Waals surface area (Å²) >= 11 is 0. The molecule has 0 bridgehead atoms. The average Bonchev–Trinajstić information content (AvgIpc) is 2.61.